The molecule has 0 aromatic carbocycles. The van der Waals surface area contributed by atoms with Gasteiger partial charge in [0.15, 0.2) is 0 Å². The average Bonchev–Trinajstić information content (AvgIpc) is 1.61. The van der Waals surface area contributed by atoms with Crippen LogP contribution in [-0.4, -0.2) is 11.5 Å². The van der Waals surface area contributed by atoms with E-state index in [1.807, 2.05) is 0 Å². The number of hydrogen-bond donors (Lipinski definition) is 2. The molecule has 0 saturated heterocycles. The predicted octanol–water partition coefficient (Wildman–Crippen LogP) is -0.648. The summed E-state index contributed by atoms with van der Waals surface area (Å²) in [4.78, 5) is 2.78. The van der Waals surface area contributed by atoms with Gasteiger partial charge in [-0.15, -0.1) is 4.99 Å². The number of nitrogens with one attached hydrogen (secondary N) is 1. The molecule has 6 heavy (non-hydrogen) atoms. The predicted molar refractivity (Wildman–Crippen MR) is 18.0 cm³/mol. The number of nitrogens with zero attached hydrogens (tertiary/aromatic N) is 2. The molecule has 0 spiro atoms. The van der Waals surface area contributed by atoms with Crippen LogP contribution in [0.3, 0.4) is 0 Å². The Bertz CT molecular complexity index is 81.3. The first kappa shape index (κ1) is 4.92. The molecule has 2 N–H and O–H groups in total. The van der Waals surface area contributed by atoms with E-state index in [4.69, 9.17) is 10.5 Å². The van der Waals surface area contributed by atoms with E-state index in [-0.39, 0.29) is 0 Å². The molecule has 0 aliphatic rings. The summed E-state index contributed by atoms with van der Waals surface area (Å²) in [5.74, 6) is 0. The zero-order chi connectivity index (χ0) is 4.83. The van der Waals surface area contributed by atoms with E-state index in [9.17, 15) is 0 Å². The van der Waals surface area contributed by atoms with Crippen LogP contribution in [0.15, 0.2) is 4.99 Å². The Kier molecular flexibility index (Phi) is 3.21. The normalized spacial score (nSPS) is 8.00. The molecule has 4 nitrogen and oxygen atoms in total. The summed E-state index contributed by atoms with van der Waals surface area (Å²) in [6.07, 6.45) is 3.13. The molecule has 0 unspecified atom stereocenters. The van der Waals surface area contributed by atoms with Gasteiger partial charge in [-0.05, 0) is 0 Å². The Hall–Kier alpha value is -1.08. The van der Waals surface area contributed by atoms with Gasteiger partial charge in [-0.2, -0.15) is 5.26 Å². The lowest BCUT2D eigenvalue weighted by Gasteiger charge is -1.69. The molecule has 0 aromatic rings. The third-order valence-electron chi connectivity index (χ3n) is 0.156. The first-order chi connectivity index (χ1) is 2.91. The lowest BCUT2D eigenvalue weighted by molar-refractivity contribution is 0.240. The van der Waals surface area contributed by atoms with E-state index in [0.29, 0.717) is 0 Å². The Balaban J connectivity index is 3.02. The zero-order valence-corrected chi connectivity index (χ0v) is 2.84. The Morgan fingerprint density at radius 3 is 2.67 bits per heavy atom. The topological polar surface area (TPSA) is 68.4 Å². The van der Waals surface area contributed by atoms with Gasteiger partial charge in [0, 0.05) is 0 Å². The van der Waals surface area contributed by atoms with Gasteiger partial charge in [-0.3, -0.25) is 5.21 Å². The second-order valence-corrected chi connectivity index (χ2v) is 0.435. The van der Waals surface area contributed by atoms with Crippen molar-refractivity contribution in [1.29, 1.82) is 5.26 Å². The maximum Gasteiger partial charge on any atom is 0.207 e. The minimum absolute atomic E-state index is 1.36. The van der Waals surface area contributed by atoms with Crippen molar-refractivity contribution >= 4 is 6.34 Å². The number of rotatable bonds is 1. The standard InChI is InChI=1S/C2H2N3O/c3-1-4-2-5-6/h6H,(H,4,5). The summed E-state index contributed by atoms with van der Waals surface area (Å²) in [6.45, 7) is 0. The summed E-state index contributed by atoms with van der Waals surface area (Å²) in [6, 6.07) is 0. The van der Waals surface area contributed by atoms with Gasteiger partial charge in [0.2, 0.25) is 12.5 Å². The molecule has 0 aliphatic heterocycles. The second kappa shape index (κ2) is 3.92. The van der Waals surface area contributed by atoms with Crippen LogP contribution in [0.25, 0.3) is 0 Å². The average molecular weight is 84.1 g/mol. The van der Waals surface area contributed by atoms with Gasteiger partial charge in [0.05, 0.1) is 0 Å². The minimum Gasteiger partial charge on any atom is -0.290 e. The van der Waals surface area contributed by atoms with E-state index < -0.39 is 0 Å². The van der Waals surface area contributed by atoms with Crippen molar-refractivity contribution in [3.8, 4) is 6.19 Å². The molecule has 0 aliphatic carbocycles. The summed E-state index contributed by atoms with van der Waals surface area (Å²) >= 11 is 0. The maximum absolute atomic E-state index is 7.59. The van der Waals surface area contributed by atoms with Crippen LogP contribution in [0.1, 0.15) is 0 Å². The van der Waals surface area contributed by atoms with Gasteiger partial charge in [0.25, 0.3) is 0 Å². The highest BCUT2D eigenvalue weighted by Gasteiger charge is 1.57. The third-order valence-corrected chi connectivity index (χ3v) is 0.156. The van der Waals surface area contributed by atoms with Gasteiger partial charge in [-0.25, -0.2) is 5.48 Å². The summed E-state index contributed by atoms with van der Waals surface area (Å²) < 4.78 is 0. The number of hydroxylamine groups is 1. The largest absolute Gasteiger partial charge is 0.290 e. The first-order valence-corrected chi connectivity index (χ1v) is 1.14. The summed E-state index contributed by atoms with van der Waals surface area (Å²) in [5, 5.41) is 15.2. The molecule has 0 heterocycles. The van der Waals surface area contributed by atoms with Crippen molar-refractivity contribution in [3.05, 3.63) is 0 Å². The monoisotopic (exact) mass is 84.0 g/mol. The zero-order valence-electron chi connectivity index (χ0n) is 2.84. The number of hydrogen-bond acceptors (Lipinski definition) is 3. The van der Waals surface area contributed by atoms with Crippen LogP contribution in [0.4, 0.5) is 0 Å². The van der Waals surface area contributed by atoms with Crippen LogP contribution in [0.5, 0.6) is 0 Å². The van der Waals surface area contributed by atoms with Crippen molar-refractivity contribution in [2.45, 2.75) is 0 Å². The minimum atomic E-state index is 1.36. The van der Waals surface area contributed by atoms with Gasteiger partial charge in [-0.1, -0.05) is 0 Å². The van der Waals surface area contributed by atoms with E-state index in [2.05, 4.69) is 4.99 Å². The van der Waals surface area contributed by atoms with Crippen molar-refractivity contribution in [3.63, 3.8) is 0 Å². The highest BCUT2D eigenvalue weighted by atomic mass is 16.5. The van der Waals surface area contributed by atoms with Crippen LogP contribution in [0.2, 0.25) is 0 Å². The van der Waals surface area contributed by atoms with Crippen LogP contribution < -0.4 is 5.48 Å². The molecular weight excluding hydrogens is 82.0 g/mol. The second-order valence-electron chi connectivity index (χ2n) is 0.435. The van der Waals surface area contributed by atoms with E-state index >= 15 is 0 Å². The fraction of sp³-hybridized carbons (Fsp3) is 0. The molecule has 31 valence electrons. The molecule has 4 heteroatoms. The fourth-order valence-corrected chi connectivity index (χ4v) is 0.0500. The summed E-state index contributed by atoms with van der Waals surface area (Å²) in [7, 11) is 0. The lowest BCUT2D eigenvalue weighted by atomic mass is 11.2. The number of aliphatic imine (C=N–C) groups is 1. The van der Waals surface area contributed by atoms with E-state index in [0.717, 1.165) is 0 Å². The molecular formula is C2H2N3O. The first-order valence-electron chi connectivity index (χ1n) is 1.14. The van der Waals surface area contributed by atoms with Crippen LogP contribution in [0, 0.1) is 11.5 Å². The van der Waals surface area contributed by atoms with Crippen LogP contribution in [-0.2, 0) is 0 Å². The smallest absolute Gasteiger partial charge is 0.207 e. The van der Waals surface area contributed by atoms with Crippen LogP contribution >= 0.6 is 0 Å². The highest BCUT2D eigenvalue weighted by Crippen LogP contribution is 1.46. The molecule has 0 fully saturated rings. The highest BCUT2D eigenvalue weighted by molar-refractivity contribution is 5.53. The van der Waals surface area contributed by atoms with Gasteiger partial charge >= 0.3 is 0 Å². The Labute approximate surface area is 34.7 Å². The van der Waals surface area contributed by atoms with Crippen molar-refractivity contribution in [1.82, 2.24) is 5.48 Å². The Morgan fingerprint density at radius 2 is 2.50 bits per heavy atom. The van der Waals surface area contributed by atoms with Crippen molar-refractivity contribution < 1.29 is 5.21 Å². The van der Waals surface area contributed by atoms with Gasteiger partial charge in [0.1, 0.15) is 0 Å². The number of nitriles is 1. The molecule has 0 aromatic heterocycles. The quantitative estimate of drug-likeness (QED) is 0.146. The van der Waals surface area contributed by atoms with Gasteiger partial charge < -0.3 is 0 Å². The molecule has 0 atom stereocenters. The molecule has 0 amide bonds. The Morgan fingerprint density at radius 1 is 1.83 bits per heavy atom. The fourth-order valence-electron chi connectivity index (χ4n) is 0.0500. The van der Waals surface area contributed by atoms with E-state index in [1.165, 1.54) is 11.7 Å². The molecule has 0 rings (SSSR count). The third kappa shape index (κ3) is 2.92. The molecule has 0 saturated carbocycles. The molecule has 1 radical (unpaired) electrons. The SMILES string of the molecule is N#C/N=[C]\NO. The molecule has 0 bridgehead atoms. The van der Waals surface area contributed by atoms with Crippen molar-refractivity contribution in [2.24, 2.45) is 4.99 Å². The van der Waals surface area contributed by atoms with E-state index in [1.54, 1.807) is 6.34 Å². The van der Waals surface area contributed by atoms with Crippen molar-refractivity contribution in [2.75, 3.05) is 0 Å². The lowest BCUT2D eigenvalue weighted by Crippen LogP contribution is -2.00. The summed E-state index contributed by atoms with van der Waals surface area (Å²) in [5.41, 5.74) is 1.43. The maximum atomic E-state index is 7.59.